The molecule has 0 aromatic rings. The van der Waals surface area contributed by atoms with Crippen LogP contribution in [0.5, 0.6) is 0 Å². The van der Waals surface area contributed by atoms with Crippen molar-refractivity contribution in [3.63, 3.8) is 0 Å². The highest BCUT2D eigenvalue weighted by molar-refractivity contribution is 5.11. The number of rotatable bonds is 3. The molecule has 0 bridgehead atoms. The Morgan fingerprint density at radius 3 is 2.68 bits per heavy atom. The lowest BCUT2D eigenvalue weighted by atomic mass is 9.55. The Hall–Kier alpha value is -0.0800. The molecule has 0 amide bonds. The van der Waals surface area contributed by atoms with E-state index in [9.17, 15) is 0 Å². The topological polar surface area (TPSA) is 21.3 Å². The third-order valence-electron chi connectivity index (χ3n) is 6.48. The van der Waals surface area contributed by atoms with Crippen molar-refractivity contribution in [2.24, 2.45) is 23.2 Å². The number of hydrogen-bond donors (Lipinski definition) is 1. The molecular weight excluding hydrogens is 234 g/mol. The molecule has 0 radical (unpaired) electrons. The van der Waals surface area contributed by atoms with Gasteiger partial charge in [0, 0.05) is 30.0 Å². The summed E-state index contributed by atoms with van der Waals surface area (Å²) in [6, 6.07) is 1.43. The van der Waals surface area contributed by atoms with E-state index >= 15 is 0 Å². The van der Waals surface area contributed by atoms with E-state index < -0.39 is 0 Å². The van der Waals surface area contributed by atoms with Gasteiger partial charge >= 0.3 is 0 Å². The highest BCUT2D eigenvalue weighted by atomic mass is 16.5. The van der Waals surface area contributed by atoms with E-state index in [4.69, 9.17) is 4.74 Å². The number of fused-ring (bicyclic) bond motifs is 1. The van der Waals surface area contributed by atoms with Gasteiger partial charge in [-0.05, 0) is 37.5 Å². The molecule has 2 saturated carbocycles. The molecule has 110 valence electrons. The summed E-state index contributed by atoms with van der Waals surface area (Å²) in [7, 11) is 0. The van der Waals surface area contributed by atoms with Gasteiger partial charge in [-0.2, -0.15) is 0 Å². The molecule has 19 heavy (non-hydrogen) atoms. The van der Waals surface area contributed by atoms with E-state index in [0.29, 0.717) is 17.6 Å². The molecule has 1 N–H and O–H groups in total. The van der Waals surface area contributed by atoms with E-state index in [-0.39, 0.29) is 0 Å². The van der Waals surface area contributed by atoms with E-state index in [0.717, 1.165) is 30.4 Å². The minimum Gasteiger partial charge on any atom is -0.377 e. The molecule has 1 saturated heterocycles. The second kappa shape index (κ2) is 5.04. The Kier molecular flexibility index (Phi) is 3.68. The first-order chi connectivity index (χ1) is 9.05. The third kappa shape index (κ3) is 2.15. The van der Waals surface area contributed by atoms with Gasteiger partial charge in [-0.25, -0.2) is 0 Å². The van der Waals surface area contributed by atoms with Crippen LogP contribution in [0.2, 0.25) is 0 Å². The smallest absolute Gasteiger partial charge is 0.0684 e. The normalized spacial score (nSPS) is 48.6. The van der Waals surface area contributed by atoms with Crippen molar-refractivity contribution in [1.82, 2.24) is 5.32 Å². The molecule has 0 aromatic carbocycles. The number of nitrogens with one attached hydrogen (secondary N) is 1. The molecule has 6 atom stereocenters. The maximum atomic E-state index is 6.02. The van der Waals surface area contributed by atoms with E-state index in [1.807, 2.05) is 0 Å². The zero-order chi connectivity index (χ0) is 13.6. The van der Waals surface area contributed by atoms with Crippen LogP contribution in [-0.4, -0.2) is 24.8 Å². The van der Waals surface area contributed by atoms with Crippen LogP contribution >= 0.6 is 0 Å². The van der Waals surface area contributed by atoms with Crippen molar-refractivity contribution in [3.05, 3.63) is 0 Å². The molecule has 6 unspecified atom stereocenters. The summed E-state index contributed by atoms with van der Waals surface area (Å²) in [5, 5.41) is 4.04. The van der Waals surface area contributed by atoms with Gasteiger partial charge in [0.05, 0.1) is 6.10 Å². The Balaban J connectivity index is 1.64. The quantitative estimate of drug-likeness (QED) is 0.842. The van der Waals surface area contributed by atoms with Crippen LogP contribution in [0.25, 0.3) is 0 Å². The van der Waals surface area contributed by atoms with Crippen molar-refractivity contribution < 1.29 is 4.74 Å². The van der Waals surface area contributed by atoms with Crippen LogP contribution in [0.4, 0.5) is 0 Å². The monoisotopic (exact) mass is 265 g/mol. The van der Waals surface area contributed by atoms with E-state index in [1.54, 1.807) is 0 Å². The number of ether oxygens (including phenoxy) is 1. The molecule has 3 rings (SSSR count). The first-order valence-corrected chi connectivity index (χ1v) is 8.43. The van der Waals surface area contributed by atoms with E-state index in [2.05, 4.69) is 33.0 Å². The second-order valence-electron chi connectivity index (χ2n) is 7.77. The second-order valence-corrected chi connectivity index (χ2v) is 7.77. The van der Waals surface area contributed by atoms with Crippen LogP contribution < -0.4 is 5.32 Å². The van der Waals surface area contributed by atoms with Gasteiger partial charge in [-0.1, -0.05) is 34.1 Å². The highest BCUT2D eigenvalue weighted by Gasteiger charge is 2.58. The van der Waals surface area contributed by atoms with Gasteiger partial charge < -0.3 is 10.1 Å². The van der Waals surface area contributed by atoms with Crippen LogP contribution in [0.3, 0.4) is 0 Å². The lowest BCUT2D eigenvalue weighted by Gasteiger charge is -2.61. The molecule has 0 spiro atoms. The fourth-order valence-corrected chi connectivity index (χ4v) is 5.15. The Bertz CT molecular complexity index is 327. The zero-order valence-corrected chi connectivity index (χ0v) is 13.1. The SMILES string of the molecule is CCC1CCC(NC2C3CCCOC3C2(C)C)C1C. The van der Waals surface area contributed by atoms with Crippen molar-refractivity contribution in [2.45, 2.75) is 78.0 Å². The lowest BCUT2D eigenvalue weighted by Crippen LogP contribution is -2.70. The average molecular weight is 265 g/mol. The lowest BCUT2D eigenvalue weighted by molar-refractivity contribution is -0.195. The van der Waals surface area contributed by atoms with Crippen molar-refractivity contribution >= 4 is 0 Å². The van der Waals surface area contributed by atoms with Gasteiger partial charge in [0.2, 0.25) is 0 Å². The van der Waals surface area contributed by atoms with E-state index in [1.165, 1.54) is 32.1 Å². The molecule has 2 nitrogen and oxygen atoms in total. The minimum absolute atomic E-state index is 0.328. The molecule has 2 aliphatic carbocycles. The van der Waals surface area contributed by atoms with Crippen LogP contribution in [0.1, 0.15) is 59.8 Å². The molecule has 1 heterocycles. The summed E-state index contributed by atoms with van der Waals surface area (Å²) in [5.41, 5.74) is 0.328. The summed E-state index contributed by atoms with van der Waals surface area (Å²) >= 11 is 0. The summed E-state index contributed by atoms with van der Waals surface area (Å²) in [6.45, 7) is 10.6. The molecule has 3 fully saturated rings. The summed E-state index contributed by atoms with van der Waals surface area (Å²) in [5.74, 6) is 2.57. The van der Waals surface area contributed by atoms with Crippen molar-refractivity contribution in [2.75, 3.05) is 6.61 Å². The van der Waals surface area contributed by atoms with Crippen LogP contribution in [0.15, 0.2) is 0 Å². The van der Waals surface area contributed by atoms with Gasteiger partial charge in [0.1, 0.15) is 0 Å². The number of hydrogen-bond acceptors (Lipinski definition) is 2. The van der Waals surface area contributed by atoms with Crippen molar-refractivity contribution in [1.29, 1.82) is 0 Å². The molecule has 1 aliphatic heterocycles. The zero-order valence-electron chi connectivity index (χ0n) is 13.1. The predicted molar refractivity (Wildman–Crippen MR) is 79.1 cm³/mol. The van der Waals surface area contributed by atoms with Gasteiger partial charge in [-0.3, -0.25) is 0 Å². The average Bonchev–Trinajstić information content (AvgIpc) is 2.76. The largest absolute Gasteiger partial charge is 0.377 e. The van der Waals surface area contributed by atoms with Gasteiger partial charge in [0.25, 0.3) is 0 Å². The predicted octanol–water partition coefficient (Wildman–Crippen LogP) is 3.60. The van der Waals surface area contributed by atoms with Crippen LogP contribution in [-0.2, 0) is 4.74 Å². The Morgan fingerprint density at radius 1 is 1.21 bits per heavy atom. The molecule has 2 heteroatoms. The van der Waals surface area contributed by atoms with Gasteiger partial charge in [0.15, 0.2) is 0 Å². The maximum absolute atomic E-state index is 6.02. The first-order valence-electron chi connectivity index (χ1n) is 8.43. The van der Waals surface area contributed by atoms with Crippen molar-refractivity contribution in [3.8, 4) is 0 Å². The summed E-state index contributed by atoms with van der Waals surface area (Å²) in [6.07, 6.45) is 7.29. The summed E-state index contributed by atoms with van der Waals surface area (Å²) in [4.78, 5) is 0. The fraction of sp³-hybridized carbons (Fsp3) is 1.00. The maximum Gasteiger partial charge on any atom is 0.0684 e. The fourth-order valence-electron chi connectivity index (χ4n) is 5.15. The molecule has 0 aromatic heterocycles. The standard InChI is InChI=1S/C17H31NO/c1-5-12-8-9-14(11(12)2)18-15-13-7-6-10-19-16(13)17(15,3)4/h11-16,18H,5-10H2,1-4H3. The highest BCUT2D eigenvalue weighted by Crippen LogP contribution is 2.52. The summed E-state index contributed by atoms with van der Waals surface area (Å²) < 4.78 is 6.02. The third-order valence-corrected chi connectivity index (χ3v) is 6.48. The molecular formula is C17H31NO. The first kappa shape index (κ1) is 13.9. The minimum atomic E-state index is 0.328. The van der Waals surface area contributed by atoms with Gasteiger partial charge in [-0.15, -0.1) is 0 Å². The Labute approximate surface area is 118 Å². The molecule has 3 aliphatic rings. The Morgan fingerprint density at radius 2 is 2.00 bits per heavy atom. The van der Waals surface area contributed by atoms with Crippen LogP contribution in [0, 0.1) is 23.2 Å².